The Hall–Kier alpha value is -3.62. The number of hydrogen-bond acceptors (Lipinski definition) is 2. The van der Waals surface area contributed by atoms with E-state index in [-0.39, 0.29) is 0 Å². The molecule has 0 unspecified atom stereocenters. The molecule has 1 heterocycles. The molecule has 2 nitrogen and oxygen atoms in total. The summed E-state index contributed by atoms with van der Waals surface area (Å²) in [7, 11) is 1.70. The standard InChI is InChI=1S/C28H20ClNO/c1-31-27-10-6-5-9-23(27)19-11-13-20(14-12-19)25-18-30-26-16-15-22(29)17-24(26)28(25)21-7-3-2-4-8-21/h2-18H,1H3. The molecule has 0 aliphatic rings. The van der Waals surface area contributed by atoms with Crippen molar-refractivity contribution in [3.63, 3.8) is 0 Å². The highest BCUT2D eigenvalue weighted by Gasteiger charge is 2.14. The Bertz CT molecular complexity index is 1360. The number of nitrogens with zero attached hydrogens (tertiary/aromatic N) is 1. The van der Waals surface area contributed by atoms with E-state index >= 15 is 0 Å². The molecule has 0 aliphatic carbocycles. The van der Waals surface area contributed by atoms with E-state index in [0.29, 0.717) is 5.02 Å². The van der Waals surface area contributed by atoms with E-state index in [4.69, 9.17) is 21.3 Å². The first-order chi connectivity index (χ1) is 15.2. The van der Waals surface area contributed by atoms with Crippen LogP contribution in [0.15, 0.2) is 103 Å². The van der Waals surface area contributed by atoms with Crippen molar-refractivity contribution in [3.8, 4) is 39.1 Å². The van der Waals surface area contributed by atoms with Gasteiger partial charge in [-0.2, -0.15) is 0 Å². The molecule has 4 aromatic carbocycles. The van der Waals surface area contributed by atoms with Gasteiger partial charge in [-0.1, -0.05) is 84.4 Å². The van der Waals surface area contributed by atoms with Gasteiger partial charge in [-0.3, -0.25) is 4.98 Å². The van der Waals surface area contributed by atoms with Crippen LogP contribution in [0.25, 0.3) is 44.3 Å². The van der Waals surface area contributed by atoms with Crippen LogP contribution < -0.4 is 4.74 Å². The molecule has 0 fully saturated rings. The Morgan fingerprint density at radius 1 is 0.677 bits per heavy atom. The van der Waals surface area contributed by atoms with Gasteiger partial charge in [0.15, 0.2) is 0 Å². The van der Waals surface area contributed by atoms with Crippen LogP contribution in [0.3, 0.4) is 0 Å². The maximum atomic E-state index is 6.35. The first kappa shape index (κ1) is 19.3. The Balaban J connectivity index is 1.69. The Labute approximate surface area is 186 Å². The van der Waals surface area contributed by atoms with Crippen LogP contribution in [0.2, 0.25) is 5.02 Å². The summed E-state index contributed by atoms with van der Waals surface area (Å²) in [6.07, 6.45) is 1.96. The molecule has 31 heavy (non-hydrogen) atoms. The highest BCUT2D eigenvalue weighted by atomic mass is 35.5. The average molecular weight is 422 g/mol. The number of ether oxygens (including phenoxy) is 1. The van der Waals surface area contributed by atoms with Gasteiger partial charge in [0, 0.05) is 33.3 Å². The van der Waals surface area contributed by atoms with Gasteiger partial charge < -0.3 is 4.74 Å². The Morgan fingerprint density at radius 3 is 2.10 bits per heavy atom. The minimum atomic E-state index is 0.704. The maximum Gasteiger partial charge on any atom is 0.126 e. The minimum Gasteiger partial charge on any atom is -0.496 e. The van der Waals surface area contributed by atoms with Crippen LogP contribution >= 0.6 is 11.6 Å². The third-order valence-corrected chi connectivity index (χ3v) is 5.74. The first-order valence-electron chi connectivity index (χ1n) is 10.1. The third kappa shape index (κ3) is 3.67. The molecule has 5 rings (SSSR count). The molecule has 150 valence electrons. The van der Waals surface area contributed by atoms with E-state index in [1.165, 1.54) is 0 Å². The Kier molecular flexibility index (Phi) is 5.15. The van der Waals surface area contributed by atoms with Crippen molar-refractivity contribution in [2.75, 3.05) is 7.11 Å². The maximum absolute atomic E-state index is 6.35. The largest absolute Gasteiger partial charge is 0.496 e. The number of benzene rings is 4. The molecule has 0 saturated heterocycles. The minimum absolute atomic E-state index is 0.704. The first-order valence-corrected chi connectivity index (χ1v) is 10.5. The summed E-state index contributed by atoms with van der Waals surface area (Å²) in [4.78, 5) is 4.71. The van der Waals surface area contributed by atoms with Crippen LogP contribution in [-0.4, -0.2) is 12.1 Å². The molecular formula is C28H20ClNO. The van der Waals surface area contributed by atoms with E-state index in [2.05, 4.69) is 54.6 Å². The summed E-state index contributed by atoms with van der Waals surface area (Å²) in [6, 6.07) is 32.8. The van der Waals surface area contributed by atoms with Crippen LogP contribution in [0.5, 0.6) is 5.75 Å². The van der Waals surface area contributed by atoms with E-state index in [9.17, 15) is 0 Å². The number of hydrogen-bond donors (Lipinski definition) is 0. The fraction of sp³-hybridized carbons (Fsp3) is 0.0357. The second-order valence-electron chi connectivity index (χ2n) is 7.35. The van der Waals surface area contributed by atoms with Crippen molar-refractivity contribution in [2.24, 2.45) is 0 Å². The second kappa shape index (κ2) is 8.25. The molecule has 0 spiro atoms. The predicted molar refractivity (Wildman–Crippen MR) is 130 cm³/mol. The zero-order chi connectivity index (χ0) is 21.2. The number of methoxy groups -OCH3 is 1. The van der Waals surface area contributed by atoms with E-state index < -0.39 is 0 Å². The molecule has 0 bridgehead atoms. The topological polar surface area (TPSA) is 22.1 Å². The summed E-state index contributed by atoms with van der Waals surface area (Å²) >= 11 is 6.35. The monoisotopic (exact) mass is 421 g/mol. The third-order valence-electron chi connectivity index (χ3n) is 5.51. The van der Waals surface area contributed by atoms with Crippen LogP contribution in [0.1, 0.15) is 0 Å². The molecule has 0 amide bonds. The number of fused-ring (bicyclic) bond motifs is 1. The van der Waals surface area contributed by atoms with Gasteiger partial charge in [0.05, 0.1) is 12.6 Å². The highest BCUT2D eigenvalue weighted by Crippen LogP contribution is 2.39. The van der Waals surface area contributed by atoms with Gasteiger partial charge in [0.25, 0.3) is 0 Å². The predicted octanol–water partition coefficient (Wildman–Crippen LogP) is 7.90. The molecule has 5 aromatic rings. The summed E-state index contributed by atoms with van der Waals surface area (Å²) in [5, 5.41) is 1.75. The van der Waals surface area contributed by atoms with Crippen molar-refractivity contribution in [1.29, 1.82) is 0 Å². The smallest absolute Gasteiger partial charge is 0.126 e. The summed E-state index contributed by atoms with van der Waals surface area (Å²) in [5.74, 6) is 0.863. The van der Waals surface area contributed by atoms with Gasteiger partial charge in [-0.05, 0) is 41.0 Å². The number of rotatable bonds is 4. The van der Waals surface area contributed by atoms with Crippen molar-refractivity contribution in [3.05, 3.63) is 108 Å². The van der Waals surface area contributed by atoms with Crippen LogP contribution in [0, 0.1) is 0 Å². The lowest BCUT2D eigenvalue weighted by Gasteiger charge is -2.15. The lowest BCUT2D eigenvalue weighted by atomic mass is 9.91. The van der Waals surface area contributed by atoms with Gasteiger partial charge in [0.2, 0.25) is 0 Å². The number of pyridine rings is 1. The fourth-order valence-electron chi connectivity index (χ4n) is 4.01. The normalized spacial score (nSPS) is 10.9. The molecule has 0 radical (unpaired) electrons. The number of aromatic nitrogens is 1. The molecule has 0 N–H and O–H groups in total. The molecule has 0 saturated carbocycles. The quantitative estimate of drug-likeness (QED) is 0.294. The highest BCUT2D eigenvalue weighted by molar-refractivity contribution is 6.31. The number of halogens is 1. The van der Waals surface area contributed by atoms with Crippen molar-refractivity contribution in [1.82, 2.24) is 4.98 Å². The zero-order valence-corrected chi connectivity index (χ0v) is 17.8. The van der Waals surface area contributed by atoms with E-state index in [1.54, 1.807) is 7.11 Å². The SMILES string of the molecule is COc1ccccc1-c1ccc(-c2cnc3ccc(Cl)cc3c2-c2ccccc2)cc1. The summed E-state index contributed by atoms with van der Waals surface area (Å²) in [6.45, 7) is 0. The van der Waals surface area contributed by atoms with Crippen molar-refractivity contribution < 1.29 is 4.74 Å². The molecule has 1 aromatic heterocycles. The van der Waals surface area contributed by atoms with Crippen LogP contribution in [-0.2, 0) is 0 Å². The number of para-hydroxylation sites is 1. The molecule has 3 heteroatoms. The average Bonchev–Trinajstić information content (AvgIpc) is 2.84. The second-order valence-corrected chi connectivity index (χ2v) is 7.79. The van der Waals surface area contributed by atoms with Crippen molar-refractivity contribution >= 4 is 22.5 Å². The van der Waals surface area contributed by atoms with Gasteiger partial charge in [-0.25, -0.2) is 0 Å². The Morgan fingerprint density at radius 2 is 1.35 bits per heavy atom. The van der Waals surface area contributed by atoms with Gasteiger partial charge in [-0.15, -0.1) is 0 Å². The lowest BCUT2D eigenvalue weighted by Crippen LogP contribution is -1.91. The lowest BCUT2D eigenvalue weighted by molar-refractivity contribution is 0.416. The summed E-state index contributed by atoms with van der Waals surface area (Å²) in [5.41, 5.74) is 7.57. The van der Waals surface area contributed by atoms with E-state index in [1.807, 2.05) is 48.7 Å². The zero-order valence-electron chi connectivity index (χ0n) is 17.0. The molecule has 0 atom stereocenters. The molecule has 0 aliphatic heterocycles. The summed E-state index contributed by atoms with van der Waals surface area (Å²) < 4.78 is 5.53. The van der Waals surface area contributed by atoms with Gasteiger partial charge in [0.1, 0.15) is 5.75 Å². The fourth-order valence-corrected chi connectivity index (χ4v) is 4.18. The molecular weight excluding hydrogens is 402 g/mol. The van der Waals surface area contributed by atoms with Crippen molar-refractivity contribution in [2.45, 2.75) is 0 Å². The van der Waals surface area contributed by atoms with E-state index in [0.717, 1.165) is 50.0 Å². The van der Waals surface area contributed by atoms with Gasteiger partial charge >= 0.3 is 0 Å². The van der Waals surface area contributed by atoms with Crippen LogP contribution in [0.4, 0.5) is 0 Å².